The second-order valence-corrected chi connectivity index (χ2v) is 5.64. The van der Waals surface area contributed by atoms with Gasteiger partial charge >= 0.3 is 0 Å². The van der Waals surface area contributed by atoms with Gasteiger partial charge in [0.1, 0.15) is 0 Å². The first-order valence-electron chi connectivity index (χ1n) is 7.04. The van der Waals surface area contributed by atoms with Gasteiger partial charge in [0, 0.05) is 24.6 Å². The third-order valence-corrected chi connectivity index (χ3v) is 4.00. The summed E-state index contributed by atoms with van der Waals surface area (Å²) in [4.78, 5) is 5.99. The van der Waals surface area contributed by atoms with Gasteiger partial charge in [-0.2, -0.15) is 0 Å². The molecule has 1 unspecified atom stereocenters. The fourth-order valence-corrected chi connectivity index (χ4v) is 2.79. The maximum absolute atomic E-state index is 5.58. The van der Waals surface area contributed by atoms with Gasteiger partial charge in [-0.3, -0.25) is 4.99 Å². The standard InChI is InChI=1S/C14H23N3OS.HI/c1-2-15-14(17-11-12-5-3-9-18-12)16-8-7-13-6-4-10-19-13;/h4,6,10,12H,2-3,5,7-9,11H2,1H3,(H2,15,16,17);1H. The minimum Gasteiger partial charge on any atom is -0.376 e. The first-order valence-corrected chi connectivity index (χ1v) is 7.92. The lowest BCUT2D eigenvalue weighted by Gasteiger charge is -2.12. The van der Waals surface area contributed by atoms with Crippen LogP contribution < -0.4 is 10.6 Å². The van der Waals surface area contributed by atoms with Gasteiger partial charge in [0.2, 0.25) is 0 Å². The zero-order valence-electron chi connectivity index (χ0n) is 11.9. The normalized spacial score (nSPS) is 18.6. The van der Waals surface area contributed by atoms with Crippen molar-refractivity contribution >= 4 is 41.3 Å². The SMILES string of the molecule is CCNC(=NCC1CCCO1)NCCc1cccs1.I. The van der Waals surface area contributed by atoms with E-state index in [-0.39, 0.29) is 24.0 Å². The lowest BCUT2D eigenvalue weighted by molar-refractivity contribution is 0.117. The van der Waals surface area contributed by atoms with Gasteiger partial charge < -0.3 is 15.4 Å². The van der Waals surface area contributed by atoms with Crippen LogP contribution >= 0.6 is 35.3 Å². The maximum Gasteiger partial charge on any atom is 0.191 e. The summed E-state index contributed by atoms with van der Waals surface area (Å²) in [6, 6.07) is 4.26. The Kier molecular flexibility index (Phi) is 9.21. The summed E-state index contributed by atoms with van der Waals surface area (Å²) in [7, 11) is 0. The molecule has 2 rings (SSSR count). The fourth-order valence-electron chi connectivity index (χ4n) is 2.08. The second kappa shape index (κ2) is 10.4. The van der Waals surface area contributed by atoms with Crippen LogP contribution in [-0.4, -0.2) is 38.3 Å². The molecule has 0 saturated carbocycles. The highest BCUT2D eigenvalue weighted by molar-refractivity contribution is 14.0. The zero-order chi connectivity index (χ0) is 13.3. The molecule has 0 aliphatic carbocycles. The molecule has 1 saturated heterocycles. The van der Waals surface area contributed by atoms with Crippen LogP contribution in [0.5, 0.6) is 0 Å². The predicted molar refractivity (Wildman–Crippen MR) is 96.4 cm³/mol. The van der Waals surface area contributed by atoms with E-state index in [0.717, 1.165) is 45.0 Å². The molecule has 2 N–H and O–H groups in total. The van der Waals surface area contributed by atoms with Gasteiger partial charge in [0.05, 0.1) is 12.6 Å². The fraction of sp³-hybridized carbons (Fsp3) is 0.643. The second-order valence-electron chi connectivity index (χ2n) is 4.61. The minimum atomic E-state index is 0. The Balaban J connectivity index is 0.00000200. The van der Waals surface area contributed by atoms with E-state index in [1.807, 2.05) is 0 Å². The molecule has 4 nitrogen and oxygen atoms in total. The Hall–Kier alpha value is -0.340. The molecule has 0 bridgehead atoms. The summed E-state index contributed by atoms with van der Waals surface area (Å²) in [5.41, 5.74) is 0. The Morgan fingerprint density at radius 3 is 3.05 bits per heavy atom. The Labute approximate surface area is 142 Å². The van der Waals surface area contributed by atoms with Gasteiger partial charge in [-0.25, -0.2) is 0 Å². The van der Waals surface area contributed by atoms with E-state index in [1.54, 1.807) is 11.3 Å². The number of guanidine groups is 1. The average Bonchev–Trinajstić information content (AvgIpc) is 3.09. The highest BCUT2D eigenvalue weighted by atomic mass is 127. The van der Waals surface area contributed by atoms with Crippen LogP contribution in [0.4, 0.5) is 0 Å². The number of nitrogens with one attached hydrogen (secondary N) is 2. The highest BCUT2D eigenvalue weighted by Crippen LogP contribution is 2.11. The monoisotopic (exact) mass is 409 g/mol. The van der Waals surface area contributed by atoms with Crippen molar-refractivity contribution in [2.75, 3.05) is 26.2 Å². The first kappa shape index (κ1) is 17.7. The minimum absolute atomic E-state index is 0. The van der Waals surface area contributed by atoms with Gasteiger partial charge in [-0.1, -0.05) is 6.07 Å². The van der Waals surface area contributed by atoms with Crippen LogP contribution in [0.2, 0.25) is 0 Å². The quantitative estimate of drug-likeness (QED) is 0.432. The third-order valence-electron chi connectivity index (χ3n) is 3.07. The third kappa shape index (κ3) is 6.41. The molecule has 1 aromatic rings. The molecule has 1 aliphatic heterocycles. The largest absolute Gasteiger partial charge is 0.376 e. The van der Waals surface area contributed by atoms with Gasteiger partial charge in [0.15, 0.2) is 5.96 Å². The lowest BCUT2D eigenvalue weighted by Crippen LogP contribution is -2.38. The van der Waals surface area contributed by atoms with Crippen LogP contribution in [0.1, 0.15) is 24.6 Å². The molecule has 0 radical (unpaired) electrons. The molecule has 0 spiro atoms. The highest BCUT2D eigenvalue weighted by Gasteiger charge is 2.14. The molecule has 20 heavy (non-hydrogen) atoms. The average molecular weight is 409 g/mol. The predicted octanol–water partition coefficient (Wildman–Crippen LogP) is 2.64. The van der Waals surface area contributed by atoms with E-state index < -0.39 is 0 Å². The van der Waals surface area contributed by atoms with Crippen molar-refractivity contribution in [3.05, 3.63) is 22.4 Å². The van der Waals surface area contributed by atoms with Crippen molar-refractivity contribution in [3.8, 4) is 0 Å². The molecule has 114 valence electrons. The van der Waals surface area contributed by atoms with E-state index in [9.17, 15) is 0 Å². The molecule has 6 heteroatoms. The van der Waals surface area contributed by atoms with Crippen molar-refractivity contribution in [3.63, 3.8) is 0 Å². The van der Waals surface area contributed by atoms with E-state index >= 15 is 0 Å². The summed E-state index contributed by atoms with van der Waals surface area (Å²) in [6.45, 7) is 5.54. The Morgan fingerprint density at radius 2 is 2.40 bits per heavy atom. The smallest absolute Gasteiger partial charge is 0.191 e. The van der Waals surface area contributed by atoms with Crippen molar-refractivity contribution in [2.45, 2.75) is 32.3 Å². The van der Waals surface area contributed by atoms with Gasteiger partial charge in [-0.15, -0.1) is 35.3 Å². The van der Waals surface area contributed by atoms with Crippen LogP contribution in [0.3, 0.4) is 0 Å². The van der Waals surface area contributed by atoms with Crippen LogP contribution in [0, 0.1) is 0 Å². The zero-order valence-corrected chi connectivity index (χ0v) is 15.1. The Bertz CT molecular complexity index is 378. The maximum atomic E-state index is 5.58. The van der Waals surface area contributed by atoms with Crippen molar-refractivity contribution in [1.29, 1.82) is 0 Å². The number of thiophene rings is 1. The van der Waals surface area contributed by atoms with Crippen molar-refractivity contribution < 1.29 is 4.74 Å². The Morgan fingerprint density at radius 1 is 1.50 bits per heavy atom. The summed E-state index contributed by atoms with van der Waals surface area (Å²) in [5.74, 6) is 0.898. The van der Waals surface area contributed by atoms with Gasteiger partial charge in [-0.05, 0) is 37.6 Å². The van der Waals surface area contributed by atoms with Crippen LogP contribution in [0.25, 0.3) is 0 Å². The van der Waals surface area contributed by atoms with Crippen LogP contribution in [-0.2, 0) is 11.2 Å². The summed E-state index contributed by atoms with van der Waals surface area (Å²) in [5, 5.41) is 8.76. The molecule has 0 aromatic carbocycles. The van der Waals surface area contributed by atoms with Crippen molar-refractivity contribution in [2.24, 2.45) is 4.99 Å². The van der Waals surface area contributed by atoms with Crippen molar-refractivity contribution in [1.82, 2.24) is 10.6 Å². The molecule has 1 aromatic heterocycles. The number of hydrogen-bond donors (Lipinski definition) is 2. The summed E-state index contributed by atoms with van der Waals surface area (Å²) < 4.78 is 5.58. The summed E-state index contributed by atoms with van der Waals surface area (Å²) >= 11 is 1.80. The van der Waals surface area contributed by atoms with E-state index in [0.29, 0.717) is 6.10 Å². The van der Waals surface area contributed by atoms with E-state index in [1.165, 1.54) is 11.3 Å². The molecule has 2 heterocycles. The summed E-state index contributed by atoms with van der Waals surface area (Å²) in [6.07, 6.45) is 3.66. The molecule has 1 fully saturated rings. The van der Waals surface area contributed by atoms with Crippen LogP contribution in [0.15, 0.2) is 22.5 Å². The number of ether oxygens (including phenoxy) is 1. The molecule has 0 amide bonds. The number of hydrogen-bond acceptors (Lipinski definition) is 3. The molecular weight excluding hydrogens is 385 g/mol. The molecule has 1 aliphatic rings. The topological polar surface area (TPSA) is 45.7 Å². The van der Waals surface area contributed by atoms with Gasteiger partial charge in [0.25, 0.3) is 0 Å². The molecule has 1 atom stereocenters. The number of halogens is 1. The van der Waals surface area contributed by atoms with E-state index in [2.05, 4.69) is 40.1 Å². The number of aliphatic imine (C=N–C) groups is 1. The lowest BCUT2D eigenvalue weighted by atomic mass is 10.2. The molecular formula is C14H24IN3OS. The number of nitrogens with zero attached hydrogens (tertiary/aromatic N) is 1. The van der Waals surface area contributed by atoms with E-state index in [4.69, 9.17) is 4.74 Å². The first-order chi connectivity index (χ1) is 9.38. The number of rotatable bonds is 6.